The largest absolute Gasteiger partial charge is 0.493 e. The van der Waals surface area contributed by atoms with Crippen LogP contribution in [-0.4, -0.2) is 51.5 Å². The number of thiazole rings is 1. The van der Waals surface area contributed by atoms with Crippen LogP contribution in [0.4, 0.5) is 5.82 Å². The smallest absolute Gasteiger partial charge is 0.281 e. The minimum absolute atomic E-state index is 0.131. The highest BCUT2D eigenvalue weighted by atomic mass is 32.1. The molecule has 4 heterocycles. The van der Waals surface area contributed by atoms with Crippen molar-refractivity contribution in [2.75, 3.05) is 26.1 Å². The summed E-state index contributed by atoms with van der Waals surface area (Å²) in [5, 5.41) is 10.3. The number of nitrogens with one attached hydrogen (secondary N) is 1. The number of pyridine rings is 2. The fraction of sp³-hybridized carbons (Fsp3) is 0.160. The van der Waals surface area contributed by atoms with E-state index < -0.39 is 5.91 Å². The summed E-state index contributed by atoms with van der Waals surface area (Å²) in [7, 11) is 3.14. The van der Waals surface area contributed by atoms with Gasteiger partial charge in [0.2, 0.25) is 5.13 Å². The molecule has 0 saturated carbocycles. The number of ether oxygens (including phenoxy) is 4. The topological polar surface area (TPSA) is 123 Å². The summed E-state index contributed by atoms with van der Waals surface area (Å²) in [6.45, 7) is 2.22. The number of rotatable bonds is 9. The number of aromatic nitrogens is 5. The highest BCUT2D eigenvalue weighted by molar-refractivity contribution is 7.12. The van der Waals surface area contributed by atoms with Crippen molar-refractivity contribution in [1.29, 1.82) is 0 Å². The van der Waals surface area contributed by atoms with Gasteiger partial charge in [-0.3, -0.25) is 9.78 Å². The first-order valence-electron chi connectivity index (χ1n) is 11.2. The van der Waals surface area contributed by atoms with E-state index in [-0.39, 0.29) is 5.69 Å². The molecule has 1 N–H and O–H groups in total. The molecule has 0 aliphatic heterocycles. The SMILES string of the molecule is CCOc1cn(-c2nccs2)nc1C(=O)Nc1ccc(Oc2ccnc3cc(OC)c(OC)cc23)cn1. The molecule has 0 bridgehead atoms. The molecule has 0 saturated heterocycles. The molecular weight excluding hydrogens is 496 g/mol. The van der Waals surface area contributed by atoms with Gasteiger partial charge in [0.1, 0.15) is 17.3 Å². The second-order valence-corrected chi connectivity index (χ2v) is 8.38. The summed E-state index contributed by atoms with van der Waals surface area (Å²) in [5.74, 6) is 2.41. The molecular formula is C25H22N6O5S. The highest BCUT2D eigenvalue weighted by Gasteiger charge is 2.20. The average molecular weight is 519 g/mol. The Labute approximate surface area is 215 Å². The summed E-state index contributed by atoms with van der Waals surface area (Å²) in [6, 6.07) is 8.67. The molecule has 0 aliphatic carbocycles. The Morgan fingerprint density at radius 3 is 2.54 bits per heavy atom. The lowest BCUT2D eigenvalue weighted by molar-refractivity contribution is 0.101. The molecule has 0 spiro atoms. The normalized spacial score (nSPS) is 10.8. The van der Waals surface area contributed by atoms with Gasteiger partial charge in [-0.15, -0.1) is 11.3 Å². The fourth-order valence-electron chi connectivity index (χ4n) is 3.56. The molecule has 1 aromatic carbocycles. The number of carbonyl (C=O) groups is 1. The van der Waals surface area contributed by atoms with Crippen LogP contribution in [0.1, 0.15) is 17.4 Å². The number of anilines is 1. The summed E-state index contributed by atoms with van der Waals surface area (Å²) in [4.78, 5) is 25.8. The molecule has 0 aliphatic rings. The van der Waals surface area contributed by atoms with Crippen molar-refractivity contribution < 1.29 is 23.7 Å². The van der Waals surface area contributed by atoms with Crippen LogP contribution in [0.2, 0.25) is 0 Å². The lowest BCUT2D eigenvalue weighted by Crippen LogP contribution is -2.15. The van der Waals surface area contributed by atoms with Crippen molar-refractivity contribution in [2.45, 2.75) is 6.92 Å². The van der Waals surface area contributed by atoms with Crippen LogP contribution < -0.4 is 24.3 Å². The molecule has 4 aromatic heterocycles. The van der Waals surface area contributed by atoms with Crippen molar-refractivity contribution in [3.8, 4) is 33.9 Å². The van der Waals surface area contributed by atoms with E-state index in [0.29, 0.717) is 51.8 Å². The Bertz CT molecular complexity index is 1540. The van der Waals surface area contributed by atoms with Gasteiger partial charge in [0.25, 0.3) is 5.91 Å². The first kappa shape index (κ1) is 24.0. The molecule has 11 nitrogen and oxygen atoms in total. The summed E-state index contributed by atoms with van der Waals surface area (Å²) >= 11 is 1.40. The Kier molecular flexibility index (Phi) is 6.81. The quantitative estimate of drug-likeness (QED) is 0.295. The lowest BCUT2D eigenvalue weighted by Gasteiger charge is -2.12. The molecule has 5 rings (SSSR count). The van der Waals surface area contributed by atoms with Gasteiger partial charge in [-0.25, -0.2) is 14.6 Å². The number of fused-ring (bicyclic) bond motifs is 1. The molecule has 37 heavy (non-hydrogen) atoms. The number of amides is 1. The number of benzene rings is 1. The van der Waals surface area contributed by atoms with Gasteiger partial charge >= 0.3 is 0 Å². The van der Waals surface area contributed by atoms with Crippen LogP contribution in [0.3, 0.4) is 0 Å². The van der Waals surface area contributed by atoms with Crippen molar-refractivity contribution in [2.24, 2.45) is 0 Å². The average Bonchev–Trinajstić information content (AvgIpc) is 3.60. The molecule has 1 amide bonds. The maximum absolute atomic E-state index is 12.9. The molecule has 188 valence electrons. The van der Waals surface area contributed by atoms with E-state index in [1.54, 1.807) is 63.1 Å². The third kappa shape index (κ3) is 5.00. The van der Waals surface area contributed by atoms with E-state index in [1.165, 1.54) is 22.2 Å². The van der Waals surface area contributed by atoms with Crippen molar-refractivity contribution in [3.05, 3.63) is 66.2 Å². The van der Waals surface area contributed by atoms with Gasteiger partial charge in [0, 0.05) is 29.2 Å². The zero-order valence-corrected chi connectivity index (χ0v) is 21.0. The van der Waals surface area contributed by atoms with E-state index in [0.717, 1.165) is 5.39 Å². The standard InChI is InChI=1S/C25H22N6O5S/c1-4-35-21-14-31(25-27-9-10-37-25)30-23(21)24(32)29-22-6-5-15(13-28-22)36-18-7-8-26-17-12-20(34-3)19(33-2)11-16(17)18/h5-14H,4H2,1-3H3,(H,28,29,32). The number of nitrogens with zero attached hydrogens (tertiary/aromatic N) is 5. The number of carbonyl (C=O) groups excluding carboxylic acids is 1. The van der Waals surface area contributed by atoms with Crippen LogP contribution in [0, 0.1) is 0 Å². The van der Waals surface area contributed by atoms with E-state index in [4.69, 9.17) is 18.9 Å². The number of methoxy groups -OCH3 is 2. The van der Waals surface area contributed by atoms with Gasteiger partial charge in [-0.1, -0.05) is 0 Å². The Balaban J connectivity index is 1.34. The first-order chi connectivity index (χ1) is 18.1. The lowest BCUT2D eigenvalue weighted by atomic mass is 10.2. The minimum atomic E-state index is -0.457. The van der Waals surface area contributed by atoms with Crippen LogP contribution in [0.15, 0.2) is 60.5 Å². The molecule has 0 unspecified atom stereocenters. The number of hydrogen-bond donors (Lipinski definition) is 1. The second kappa shape index (κ2) is 10.5. The molecule has 12 heteroatoms. The first-order valence-corrected chi connectivity index (χ1v) is 12.1. The van der Waals surface area contributed by atoms with E-state index in [1.807, 2.05) is 12.3 Å². The Morgan fingerprint density at radius 1 is 1.00 bits per heavy atom. The zero-order valence-electron chi connectivity index (χ0n) is 20.2. The van der Waals surface area contributed by atoms with Gasteiger partial charge in [0.15, 0.2) is 22.9 Å². The predicted octanol–water partition coefficient (Wildman–Crippen LogP) is 4.73. The summed E-state index contributed by atoms with van der Waals surface area (Å²) < 4.78 is 23.9. The predicted molar refractivity (Wildman–Crippen MR) is 138 cm³/mol. The third-order valence-electron chi connectivity index (χ3n) is 5.22. The number of hydrogen-bond acceptors (Lipinski definition) is 10. The van der Waals surface area contributed by atoms with Crippen LogP contribution in [-0.2, 0) is 0 Å². The maximum Gasteiger partial charge on any atom is 0.281 e. The second-order valence-electron chi connectivity index (χ2n) is 7.50. The minimum Gasteiger partial charge on any atom is -0.493 e. The van der Waals surface area contributed by atoms with Crippen molar-refractivity contribution in [3.63, 3.8) is 0 Å². The van der Waals surface area contributed by atoms with Crippen molar-refractivity contribution >= 4 is 34.0 Å². The fourth-order valence-corrected chi connectivity index (χ4v) is 4.12. The molecule has 0 radical (unpaired) electrons. The van der Waals surface area contributed by atoms with E-state index in [2.05, 4.69) is 25.4 Å². The van der Waals surface area contributed by atoms with Gasteiger partial charge in [-0.05, 0) is 31.2 Å². The van der Waals surface area contributed by atoms with E-state index in [9.17, 15) is 4.79 Å². The van der Waals surface area contributed by atoms with Crippen LogP contribution >= 0.6 is 11.3 Å². The van der Waals surface area contributed by atoms with Gasteiger partial charge in [0.05, 0.1) is 38.7 Å². The molecule has 0 fully saturated rings. The van der Waals surface area contributed by atoms with Gasteiger partial charge < -0.3 is 24.3 Å². The van der Waals surface area contributed by atoms with Gasteiger partial charge in [-0.2, -0.15) is 5.10 Å². The Hall–Kier alpha value is -4.71. The van der Waals surface area contributed by atoms with Crippen molar-refractivity contribution in [1.82, 2.24) is 24.7 Å². The maximum atomic E-state index is 12.9. The summed E-state index contributed by atoms with van der Waals surface area (Å²) in [6.07, 6.45) is 6.45. The van der Waals surface area contributed by atoms with Crippen LogP contribution in [0.5, 0.6) is 28.7 Å². The third-order valence-corrected chi connectivity index (χ3v) is 5.98. The monoisotopic (exact) mass is 518 g/mol. The highest BCUT2D eigenvalue weighted by Crippen LogP contribution is 2.36. The summed E-state index contributed by atoms with van der Waals surface area (Å²) in [5.41, 5.74) is 0.820. The van der Waals surface area contributed by atoms with Crippen LogP contribution in [0.25, 0.3) is 16.0 Å². The molecule has 0 atom stereocenters. The molecule has 5 aromatic rings. The van der Waals surface area contributed by atoms with E-state index >= 15 is 0 Å². The Morgan fingerprint density at radius 2 is 1.84 bits per heavy atom. The zero-order chi connectivity index (χ0) is 25.8.